The molecule has 1 heterocycles. The van der Waals surface area contributed by atoms with Gasteiger partial charge in [-0.25, -0.2) is 0 Å². The molecule has 1 aliphatic heterocycles. The van der Waals surface area contributed by atoms with E-state index in [4.69, 9.17) is 0 Å². The van der Waals surface area contributed by atoms with Crippen LogP contribution in [-0.4, -0.2) is 28.8 Å². The number of hydrogen-bond donors (Lipinski definition) is 2. The Morgan fingerprint density at radius 1 is 1.44 bits per heavy atom. The minimum Gasteiger partial charge on any atom is -0.394 e. The molecule has 0 bridgehead atoms. The zero-order chi connectivity index (χ0) is 11.4. The van der Waals surface area contributed by atoms with Gasteiger partial charge in [-0.05, 0) is 12.0 Å². The Bertz CT molecular complexity index is 317. The molecule has 2 unspecified atom stereocenters. The van der Waals surface area contributed by atoms with Crippen LogP contribution in [0.1, 0.15) is 24.9 Å². The Hall–Kier alpha value is -0.510. The summed E-state index contributed by atoms with van der Waals surface area (Å²) in [7, 11) is 0. The van der Waals surface area contributed by atoms with Gasteiger partial charge in [0.25, 0.3) is 0 Å². The van der Waals surface area contributed by atoms with Gasteiger partial charge in [-0.3, -0.25) is 0 Å². The number of benzene rings is 1. The Balaban J connectivity index is 1.96. The first-order valence-electron chi connectivity index (χ1n) is 5.83. The highest BCUT2D eigenvalue weighted by molar-refractivity contribution is 8.00. The molecule has 0 spiro atoms. The van der Waals surface area contributed by atoms with E-state index in [9.17, 15) is 5.11 Å². The van der Waals surface area contributed by atoms with Crippen LogP contribution in [0.4, 0.5) is 0 Å². The number of rotatable bonds is 4. The van der Waals surface area contributed by atoms with Crippen molar-refractivity contribution < 1.29 is 5.11 Å². The molecule has 1 fully saturated rings. The van der Waals surface area contributed by atoms with E-state index in [0.29, 0.717) is 6.04 Å². The minimum absolute atomic E-state index is 0.0806. The van der Waals surface area contributed by atoms with E-state index in [-0.39, 0.29) is 12.6 Å². The summed E-state index contributed by atoms with van der Waals surface area (Å²) >= 11 is 2.01. The van der Waals surface area contributed by atoms with Gasteiger partial charge in [-0.2, -0.15) is 11.8 Å². The Kier molecular flexibility index (Phi) is 4.27. The normalized spacial score (nSPS) is 26.9. The Morgan fingerprint density at radius 3 is 2.75 bits per heavy atom. The predicted molar refractivity (Wildman–Crippen MR) is 69.7 cm³/mol. The van der Waals surface area contributed by atoms with Crippen LogP contribution >= 0.6 is 11.8 Å². The lowest BCUT2D eigenvalue weighted by Gasteiger charge is -2.21. The van der Waals surface area contributed by atoms with Gasteiger partial charge in [0.05, 0.1) is 12.6 Å². The average molecular weight is 237 g/mol. The van der Waals surface area contributed by atoms with Gasteiger partial charge in [0.15, 0.2) is 0 Å². The lowest BCUT2D eigenvalue weighted by Crippen LogP contribution is -2.34. The zero-order valence-electron chi connectivity index (χ0n) is 9.60. The first-order chi connectivity index (χ1) is 7.79. The average Bonchev–Trinajstić information content (AvgIpc) is 2.73. The van der Waals surface area contributed by atoms with Gasteiger partial charge < -0.3 is 10.4 Å². The van der Waals surface area contributed by atoms with Crippen LogP contribution in [0, 0.1) is 0 Å². The molecule has 1 aromatic carbocycles. The maximum Gasteiger partial charge on any atom is 0.0626 e. The summed E-state index contributed by atoms with van der Waals surface area (Å²) in [6.07, 6.45) is 1.20. The van der Waals surface area contributed by atoms with Gasteiger partial charge in [-0.15, -0.1) is 0 Å². The minimum atomic E-state index is 0.0806. The summed E-state index contributed by atoms with van der Waals surface area (Å²) in [5.74, 6) is 1.16. The second kappa shape index (κ2) is 5.71. The molecule has 16 heavy (non-hydrogen) atoms. The summed E-state index contributed by atoms with van der Waals surface area (Å²) in [5, 5.41) is 13.7. The van der Waals surface area contributed by atoms with Crippen molar-refractivity contribution in [3.8, 4) is 0 Å². The fourth-order valence-corrected chi connectivity index (χ4v) is 3.32. The summed E-state index contributed by atoms with van der Waals surface area (Å²) in [5.41, 5.74) is 1.18. The van der Waals surface area contributed by atoms with Crippen molar-refractivity contribution in [3.05, 3.63) is 35.9 Å². The molecule has 0 amide bonds. The number of aliphatic hydroxyl groups is 1. The largest absolute Gasteiger partial charge is 0.394 e. The van der Waals surface area contributed by atoms with E-state index in [2.05, 4.69) is 24.4 Å². The van der Waals surface area contributed by atoms with Crippen LogP contribution in [0.2, 0.25) is 0 Å². The Labute approximate surface area is 101 Å². The predicted octanol–water partition coefficient (Wildman–Crippen LogP) is 2.20. The molecule has 0 saturated carbocycles. The summed E-state index contributed by atoms with van der Waals surface area (Å²) in [6.45, 7) is 2.43. The van der Waals surface area contributed by atoms with Crippen LogP contribution in [0.15, 0.2) is 30.3 Å². The topological polar surface area (TPSA) is 32.3 Å². The van der Waals surface area contributed by atoms with Crippen molar-refractivity contribution in [1.29, 1.82) is 0 Å². The number of aliphatic hydroxyl groups excluding tert-OH is 1. The zero-order valence-corrected chi connectivity index (χ0v) is 10.4. The van der Waals surface area contributed by atoms with E-state index in [1.807, 2.05) is 30.0 Å². The van der Waals surface area contributed by atoms with Gasteiger partial charge in [-0.1, -0.05) is 37.3 Å². The molecule has 88 valence electrons. The number of hydrogen-bond acceptors (Lipinski definition) is 3. The van der Waals surface area contributed by atoms with Crippen LogP contribution in [0.25, 0.3) is 0 Å². The summed E-state index contributed by atoms with van der Waals surface area (Å²) in [4.78, 5) is 0. The molecule has 1 aromatic rings. The van der Waals surface area contributed by atoms with Gasteiger partial charge in [0.2, 0.25) is 0 Å². The molecule has 0 aliphatic carbocycles. The molecular formula is C13H19NOS. The smallest absolute Gasteiger partial charge is 0.0626 e. The third-order valence-corrected chi connectivity index (χ3v) is 4.38. The van der Waals surface area contributed by atoms with Crippen LogP contribution in [0.3, 0.4) is 0 Å². The van der Waals surface area contributed by atoms with E-state index in [0.717, 1.165) is 11.0 Å². The van der Waals surface area contributed by atoms with Crippen LogP contribution in [-0.2, 0) is 0 Å². The summed E-state index contributed by atoms with van der Waals surface area (Å²) < 4.78 is 0. The maximum atomic E-state index is 9.44. The molecule has 2 nitrogen and oxygen atoms in total. The van der Waals surface area contributed by atoms with Crippen molar-refractivity contribution in [2.75, 3.05) is 12.4 Å². The highest BCUT2D eigenvalue weighted by Gasteiger charge is 2.24. The molecule has 3 heteroatoms. The lowest BCUT2D eigenvalue weighted by atomic mass is 10.1. The van der Waals surface area contributed by atoms with Gasteiger partial charge in [0, 0.05) is 17.0 Å². The highest BCUT2D eigenvalue weighted by atomic mass is 32.2. The van der Waals surface area contributed by atoms with Crippen molar-refractivity contribution in [3.63, 3.8) is 0 Å². The Morgan fingerprint density at radius 2 is 2.19 bits per heavy atom. The van der Waals surface area contributed by atoms with Crippen molar-refractivity contribution >= 4 is 11.8 Å². The van der Waals surface area contributed by atoms with Crippen molar-refractivity contribution in [1.82, 2.24) is 5.32 Å². The first-order valence-corrected chi connectivity index (χ1v) is 6.88. The fourth-order valence-electron chi connectivity index (χ4n) is 2.16. The standard InChI is InChI=1S/C13H19NOS/c1-10-7-12(9-16-10)14-13(8-15)11-5-3-2-4-6-11/h2-6,10,12-15H,7-9H2,1H3/t10?,12?,13-/m0/s1. The van der Waals surface area contributed by atoms with Gasteiger partial charge >= 0.3 is 0 Å². The quantitative estimate of drug-likeness (QED) is 0.842. The molecule has 2 rings (SSSR count). The van der Waals surface area contributed by atoms with Gasteiger partial charge in [0.1, 0.15) is 0 Å². The SMILES string of the molecule is CC1CC(N[C@@H](CO)c2ccccc2)CS1. The molecule has 1 saturated heterocycles. The number of nitrogens with one attached hydrogen (secondary N) is 1. The van der Waals surface area contributed by atoms with Crippen LogP contribution in [0.5, 0.6) is 0 Å². The van der Waals surface area contributed by atoms with Crippen molar-refractivity contribution in [2.45, 2.75) is 30.7 Å². The molecule has 2 N–H and O–H groups in total. The molecule has 1 aliphatic rings. The monoisotopic (exact) mass is 237 g/mol. The van der Waals surface area contributed by atoms with E-state index < -0.39 is 0 Å². The third-order valence-electron chi connectivity index (χ3n) is 3.02. The fraction of sp³-hybridized carbons (Fsp3) is 0.538. The third kappa shape index (κ3) is 3.00. The second-order valence-corrected chi connectivity index (χ2v) is 5.86. The van der Waals surface area contributed by atoms with Crippen molar-refractivity contribution in [2.24, 2.45) is 0 Å². The van der Waals surface area contributed by atoms with E-state index in [1.165, 1.54) is 12.0 Å². The molecule has 0 aromatic heterocycles. The summed E-state index contributed by atoms with van der Waals surface area (Å²) in [6, 6.07) is 10.8. The second-order valence-electron chi connectivity index (χ2n) is 4.39. The van der Waals surface area contributed by atoms with Crippen LogP contribution < -0.4 is 5.32 Å². The number of thioether (sulfide) groups is 1. The van der Waals surface area contributed by atoms with E-state index in [1.54, 1.807) is 0 Å². The maximum absolute atomic E-state index is 9.44. The molecular weight excluding hydrogens is 218 g/mol. The highest BCUT2D eigenvalue weighted by Crippen LogP contribution is 2.27. The molecule has 0 radical (unpaired) electrons. The molecule has 3 atom stereocenters. The first kappa shape index (κ1) is 12.0. The lowest BCUT2D eigenvalue weighted by molar-refractivity contribution is 0.235. The van der Waals surface area contributed by atoms with E-state index >= 15 is 0 Å².